The summed E-state index contributed by atoms with van der Waals surface area (Å²) in [5.74, 6) is 1.20. The normalized spacial score (nSPS) is 24.5. The van der Waals surface area contributed by atoms with Crippen LogP contribution in [0.2, 0.25) is 0 Å². The Balaban J connectivity index is 2.14. The van der Waals surface area contributed by atoms with Crippen molar-refractivity contribution in [3.05, 3.63) is 22.0 Å². The highest BCUT2D eigenvalue weighted by molar-refractivity contribution is 5.40. The number of aryl methyl sites for hydroxylation is 1. The van der Waals surface area contributed by atoms with E-state index in [1.807, 2.05) is 0 Å². The van der Waals surface area contributed by atoms with Gasteiger partial charge in [-0.05, 0) is 38.2 Å². The lowest BCUT2D eigenvalue weighted by Crippen LogP contribution is -2.26. The summed E-state index contributed by atoms with van der Waals surface area (Å²) >= 11 is 0. The summed E-state index contributed by atoms with van der Waals surface area (Å²) in [6.07, 6.45) is 11.1. The molecular formula is C13H17NO. The third-order valence-corrected chi connectivity index (χ3v) is 3.51. The van der Waals surface area contributed by atoms with E-state index < -0.39 is 0 Å². The third-order valence-electron chi connectivity index (χ3n) is 3.51. The zero-order chi connectivity index (χ0) is 10.3. The van der Waals surface area contributed by atoms with E-state index in [2.05, 4.69) is 12.2 Å². The third kappa shape index (κ3) is 1.53. The minimum atomic E-state index is 0.357. The maximum atomic E-state index is 5.99. The molecule has 0 amide bonds. The lowest BCUT2D eigenvalue weighted by atomic mass is 10.0. The molecule has 0 radical (unpaired) electrons. The van der Waals surface area contributed by atoms with Crippen molar-refractivity contribution in [2.75, 3.05) is 0 Å². The molecule has 0 bridgehead atoms. The number of nitrogens with two attached hydrogens (primary N) is 1. The van der Waals surface area contributed by atoms with Crippen molar-refractivity contribution in [3.63, 3.8) is 0 Å². The highest BCUT2D eigenvalue weighted by Crippen LogP contribution is 2.17. The minimum absolute atomic E-state index is 0.357. The summed E-state index contributed by atoms with van der Waals surface area (Å²) in [4.78, 5) is 0. The van der Waals surface area contributed by atoms with Crippen LogP contribution in [0.5, 0.6) is 0 Å². The van der Waals surface area contributed by atoms with E-state index in [1.165, 1.54) is 16.5 Å². The predicted molar refractivity (Wildman–Crippen MR) is 60.7 cm³/mol. The highest BCUT2D eigenvalue weighted by atomic mass is 16.3. The van der Waals surface area contributed by atoms with Gasteiger partial charge in [0.15, 0.2) is 0 Å². The van der Waals surface area contributed by atoms with Gasteiger partial charge >= 0.3 is 0 Å². The van der Waals surface area contributed by atoms with Gasteiger partial charge in [0.2, 0.25) is 0 Å². The molecule has 0 fully saturated rings. The zero-order valence-electron chi connectivity index (χ0n) is 8.96. The second-order valence-corrected chi connectivity index (χ2v) is 4.60. The van der Waals surface area contributed by atoms with Crippen molar-refractivity contribution in [2.45, 2.75) is 44.6 Å². The molecule has 2 heteroatoms. The molecule has 2 aliphatic rings. The Labute approximate surface area is 89.5 Å². The van der Waals surface area contributed by atoms with E-state index in [4.69, 9.17) is 10.2 Å². The predicted octanol–water partition coefficient (Wildman–Crippen LogP) is 0.840. The molecule has 2 aliphatic carbocycles. The molecule has 1 aromatic rings. The Morgan fingerprint density at radius 3 is 2.87 bits per heavy atom. The molecule has 80 valence electrons. The van der Waals surface area contributed by atoms with Crippen molar-refractivity contribution in [2.24, 2.45) is 5.73 Å². The van der Waals surface area contributed by atoms with Crippen LogP contribution in [0.4, 0.5) is 0 Å². The van der Waals surface area contributed by atoms with Crippen molar-refractivity contribution >= 4 is 12.2 Å². The van der Waals surface area contributed by atoms with E-state index in [1.54, 1.807) is 0 Å². The second kappa shape index (κ2) is 3.53. The second-order valence-electron chi connectivity index (χ2n) is 4.60. The number of fused-ring (bicyclic) bond motifs is 3. The highest BCUT2D eigenvalue weighted by Gasteiger charge is 2.18. The van der Waals surface area contributed by atoms with Crippen molar-refractivity contribution in [3.8, 4) is 0 Å². The van der Waals surface area contributed by atoms with Crippen LogP contribution in [0.3, 0.4) is 0 Å². The van der Waals surface area contributed by atoms with Crippen LogP contribution >= 0.6 is 0 Å². The first-order chi connectivity index (χ1) is 7.34. The van der Waals surface area contributed by atoms with E-state index in [0.717, 1.165) is 43.9 Å². The van der Waals surface area contributed by atoms with E-state index in [9.17, 15) is 0 Å². The van der Waals surface area contributed by atoms with Gasteiger partial charge in [-0.2, -0.15) is 0 Å². The van der Waals surface area contributed by atoms with Crippen LogP contribution in [0, 0.1) is 0 Å². The quantitative estimate of drug-likeness (QED) is 0.635. The molecule has 0 spiro atoms. The fourth-order valence-corrected chi connectivity index (χ4v) is 2.63. The number of rotatable bonds is 0. The topological polar surface area (TPSA) is 39.2 Å². The van der Waals surface area contributed by atoms with Gasteiger partial charge in [0.1, 0.15) is 11.2 Å². The van der Waals surface area contributed by atoms with Gasteiger partial charge in [-0.25, -0.2) is 0 Å². The lowest BCUT2D eigenvalue weighted by molar-refractivity contribution is 0.464. The van der Waals surface area contributed by atoms with E-state index in [0.29, 0.717) is 6.04 Å². The van der Waals surface area contributed by atoms with Crippen molar-refractivity contribution in [1.29, 1.82) is 0 Å². The van der Waals surface area contributed by atoms with Gasteiger partial charge in [-0.15, -0.1) is 0 Å². The molecule has 15 heavy (non-hydrogen) atoms. The maximum Gasteiger partial charge on any atom is 0.130 e. The van der Waals surface area contributed by atoms with Crippen LogP contribution < -0.4 is 16.4 Å². The Morgan fingerprint density at radius 2 is 1.93 bits per heavy atom. The Hall–Kier alpha value is -1.02. The van der Waals surface area contributed by atoms with Gasteiger partial charge in [-0.1, -0.05) is 6.08 Å². The fraction of sp³-hybridized carbons (Fsp3) is 0.538. The van der Waals surface area contributed by atoms with Crippen LogP contribution in [-0.4, -0.2) is 6.04 Å². The van der Waals surface area contributed by atoms with Crippen molar-refractivity contribution < 1.29 is 4.42 Å². The maximum absolute atomic E-state index is 5.99. The Bertz CT molecular complexity index is 483. The summed E-state index contributed by atoms with van der Waals surface area (Å²) in [5.41, 5.74) is 8.54. The standard InChI is InChI=1S/C13H17NO/c14-9-5-7-11-10-3-1-2-4-12(10)15-13(11)8-6-9/h3-4,9H,1-2,5-8,14H2. The van der Waals surface area contributed by atoms with Gasteiger partial charge in [0.25, 0.3) is 0 Å². The minimum Gasteiger partial charge on any atom is -0.461 e. The van der Waals surface area contributed by atoms with Gasteiger partial charge in [0.05, 0.1) is 0 Å². The summed E-state index contributed by atoms with van der Waals surface area (Å²) < 4.78 is 5.91. The largest absolute Gasteiger partial charge is 0.461 e. The monoisotopic (exact) mass is 203 g/mol. The molecule has 2 nitrogen and oxygen atoms in total. The smallest absolute Gasteiger partial charge is 0.130 e. The van der Waals surface area contributed by atoms with Gasteiger partial charge in [0, 0.05) is 23.2 Å². The lowest BCUT2D eigenvalue weighted by Gasteiger charge is -2.04. The molecule has 1 aromatic heterocycles. The van der Waals surface area contributed by atoms with E-state index in [-0.39, 0.29) is 0 Å². The summed E-state index contributed by atoms with van der Waals surface area (Å²) in [5, 5.41) is 1.37. The first kappa shape index (κ1) is 9.22. The summed E-state index contributed by atoms with van der Waals surface area (Å²) in [7, 11) is 0. The average molecular weight is 203 g/mol. The first-order valence-electron chi connectivity index (χ1n) is 5.91. The first-order valence-corrected chi connectivity index (χ1v) is 5.91. The van der Waals surface area contributed by atoms with Crippen LogP contribution in [0.1, 0.15) is 37.0 Å². The molecule has 0 aromatic carbocycles. The molecule has 0 aliphatic heterocycles. The molecule has 1 unspecified atom stereocenters. The Morgan fingerprint density at radius 1 is 1.13 bits per heavy atom. The number of hydrogen-bond donors (Lipinski definition) is 1. The number of furan rings is 1. The molecule has 3 rings (SSSR count). The molecular weight excluding hydrogens is 186 g/mol. The van der Waals surface area contributed by atoms with Gasteiger partial charge < -0.3 is 10.2 Å². The SMILES string of the molecule is NC1CCc2oc3c(c2CC1)=CCCC=3. The zero-order valence-corrected chi connectivity index (χ0v) is 8.96. The number of hydrogen-bond acceptors (Lipinski definition) is 2. The summed E-state index contributed by atoms with van der Waals surface area (Å²) in [6, 6.07) is 0.357. The molecule has 2 N–H and O–H groups in total. The summed E-state index contributed by atoms with van der Waals surface area (Å²) in [6.45, 7) is 0. The molecule has 0 saturated carbocycles. The Kier molecular flexibility index (Phi) is 2.17. The van der Waals surface area contributed by atoms with Crippen LogP contribution in [-0.2, 0) is 12.8 Å². The van der Waals surface area contributed by atoms with Crippen LogP contribution in [0.15, 0.2) is 4.42 Å². The fourth-order valence-electron chi connectivity index (χ4n) is 2.63. The van der Waals surface area contributed by atoms with E-state index >= 15 is 0 Å². The van der Waals surface area contributed by atoms with Crippen LogP contribution in [0.25, 0.3) is 12.2 Å². The molecule has 1 atom stereocenters. The van der Waals surface area contributed by atoms with Crippen molar-refractivity contribution in [1.82, 2.24) is 0 Å². The van der Waals surface area contributed by atoms with Gasteiger partial charge in [-0.3, -0.25) is 0 Å². The molecule has 1 heterocycles. The molecule has 0 saturated heterocycles. The average Bonchev–Trinajstić information content (AvgIpc) is 2.51.